The van der Waals surface area contributed by atoms with E-state index in [0.717, 1.165) is 11.1 Å². The Kier molecular flexibility index (Phi) is 6.49. The van der Waals surface area contributed by atoms with Gasteiger partial charge in [0.2, 0.25) is 0 Å². The van der Waals surface area contributed by atoms with Crippen LogP contribution in [0.25, 0.3) is 0 Å². The van der Waals surface area contributed by atoms with Gasteiger partial charge in [-0.3, -0.25) is 4.79 Å². The van der Waals surface area contributed by atoms with Gasteiger partial charge in [-0.05, 0) is 43.7 Å². The Labute approximate surface area is 142 Å². The average Bonchev–Trinajstić information content (AvgIpc) is 2.59. The summed E-state index contributed by atoms with van der Waals surface area (Å²) in [5.41, 5.74) is 2.25. The number of hydrogen-bond donors (Lipinski definition) is 1. The van der Waals surface area contributed by atoms with Crippen molar-refractivity contribution in [2.75, 3.05) is 26.9 Å². The lowest BCUT2D eigenvalue weighted by molar-refractivity contribution is -0.123. The Balaban J connectivity index is 1.68. The second-order valence-corrected chi connectivity index (χ2v) is 5.45. The van der Waals surface area contributed by atoms with Crippen LogP contribution in [0.15, 0.2) is 42.5 Å². The Morgan fingerprint density at radius 2 is 1.67 bits per heavy atom. The summed E-state index contributed by atoms with van der Waals surface area (Å²) < 4.78 is 16.3. The van der Waals surface area contributed by atoms with Crippen molar-refractivity contribution in [3.63, 3.8) is 0 Å². The van der Waals surface area contributed by atoms with Gasteiger partial charge in [-0.15, -0.1) is 0 Å². The number of nitrogens with one attached hydrogen (secondary N) is 1. The van der Waals surface area contributed by atoms with Crippen molar-refractivity contribution in [3.05, 3.63) is 53.6 Å². The molecule has 0 atom stereocenters. The van der Waals surface area contributed by atoms with Crippen molar-refractivity contribution in [1.82, 2.24) is 5.32 Å². The molecule has 2 aromatic rings. The fourth-order valence-electron chi connectivity index (χ4n) is 2.08. The van der Waals surface area contributed by atoms with Gasteiger partial charge >= 0.3 is 0 Å². The molecule has 0 aliphatic heterocycles. The van der Waals surface area contributed by atoms with Crippen molar-refractivity contribution in [1.29, 1.82) is 0 Å². The van der Waals surface area contributed by atoms with Crippen molar-refractivity contribution in [3.8, 4) is 17.2 Å². The maximum absolute atomic E-state index is 11.7. The first-order valence-electron chi connectivity index (χ1n) is 7.82. The first-order valence-corrected chi connectivity index (χ1v) is 7.82. The van der Waals surface area contributed by atoms with Gasteiger partial charge in [-0.2, -0.15) is 0 Å². The molecule has 2 aromatic carbocycles. The highest BCUT2D eigenvalue weighted by Gasteiger charge is 2.05. The van der Waals surface area contributed by atoms with Gasteiger partial charge in [0, 0.05) is 0 Å². The van der Waals surface area contributed by atoms with Gasteiger partial charge < -0.3 is 19.5 Å². The molecule has 0 aromatic heterocycles. The first kappa shape index (κ1) is 17.7. The predicted molar refractivity (Wildman–Crippen MR) is 92.9 cm³/mol. The van der Waals surface area contributed by atoms with E-state index in [1.54, 1.807) is 7.11 Å². The fourth-order valence-corrected chi connectivity index (χ4v) is 2.08. The second kappa shape index (κ2) is 8.82. The molecule has 24 heavy (non-hydrogen) atoms. The molecule has 0 radical (unpaired) electrons. The predicted octanol–water partition coefficient (Wildman–Crippen LogP) is 2.89. The summed E-state index contributed by atoms with van der Waals surface area (Å²) in [5, 5.41) is 2.75. The minimum Gasteiger partial charge on any atom is -0.493 e. The number of hydrogen-bond acceptors (Lipinski definition) is 4. The van der Waals surface area contributed by atoms with E-state index in [2.05, 4.69) is 5.32 Å². The molecule has 0 aliphatic carbocycles. The van der Waals surface area contributed by atoms with Crippen LogP contribution < -0.4 is 19.5 Å². The van der Waals surface area contributed by atoms with Gasteiger partial charge in [0.05, 0.1) is 13.7 Å². The van der Waals surface area contributed by atoms with Crippen LogP contribution in [0.1, 0.15) is 11.1 Å². The van der Waals surface area contributed by atoms with E-state index < -0.39 is 0 Å². The number of aryl methyl sites for hydroxylation is 2. The number of rotatable bonds is 8. The molecule has 128 valence electrons. The van der Waals surface area contributed by atoms with Crippen molar-refractivity contribution >= 4 is 5.91 Å². The van der Waals surface area contributed by atoms with Crippen LogP contribution >= 0.6 is 0 Å². The molecule has 1 N–H and O–H groups in total. The first-order chi connectivity index (χ1) is 11.6. The maximum Gasteiger partial charge on any atom is 0.258 e. The normalized spacial score (nSPS) is 10.1. The lowest BCUT2D eigenvalue weighted by atomic mass is 10.2. The van der Waals surface area contributed by atoms with Gasteiger partial charge in [0.25, 0.3) is 5.91 Å². The van der Waals surface area contributed by atoms with E-state index in [1.165, 1.54) is 0 Å². The molecule has 0 fully saturated rings. The lowest BCUT2D eigenvalue weighted by Gasteiger charge is -2.12. The Hall–Kier alpha value is -2.69. The van der Waals surface area contributed by atoms with E-state index in [1.807, 2.05) is 56.3 Å². The van der Waals surface area contributed by atoms with Crippen LogP contribution in [0.3, 0.4) is 0 Å². The van der Waals surface area contributed by atoms with Crippen molar-refractivity contribution in [2.24, 2.45) is 0 Å². The number of ether oxygens (including phenoxy) is 3. The molecular weight excluding hydrogens is 306 g/mol. The number of amides is 1. The van der Waals surface area contributed by atoms with Crippen LogP contribution in [0.2, 0.25) is 0 Å². The van der Waals surface area contributed by atoms with E-state index in [-0.39, 0.29) is 12.5 Å². The monoisotopic (exact) mass is 329 g/mol. The molecule has 5 heteroatoms. The smallest absolute Gasteiger partial charge is 0.258 e. The zero-order valence-corrected chi connectivity index (χ0v) is 14.3. The molecule has 2 rings (SSSR count). The molecule has 0 aliphatic rings. The van der Waals surface area contributed by atoms with Gasteiger partial charge in [0.1, 0.15) is 12.4 Å². The fraction of sp³-hybridized carbons (Fsp3) is 0.316. The highest BCUT2D eigenvalue weighted by molar-refractivity contribution is 5.77. The number of carbonyl (C=O) groups is 1. The van der Waals surface area contributed by atoms with E-state index in [4.69, 9.17) is 14.2 Å². The van der Waals surface area contributed by atoms with Gasteiger partial charge in [-0.1, -0.05) is 23.8 Å². The molecule has 1 amide bonds. The van der Waals surface area contributed by atoms with E-state index in [9.17, 15) is 4.79 Å². The Morgan fingerprint density at radius 3 is 2.38 bits per heavy atom. The summed E-state index contributed by atoms with van der Waals surface area (Å²) in [6, 6.07) is 13.3. The van der Waals surface area contributed by atoms with Gasteiger partial charge in [-0.25, -0.2) is 0 Å². The van der Waals surface area contributed by atoms with Crippen molar-refractivity contribution < 1.29 is 19.0 Å². The van der Waals surface area contributed by atoms with E-state index in [0.29, 0.717) is 30.4 Å². The minimum atomic E-state index is -0.185. The van der Waals surface area contributed by atoms with E-state index >= 15 is 0 Å². The Bertz CT molecular complexity index is 668. The SMILES string of the molecule is COc1cc(C)ccc1OCCNC(=O)COc1ccc(C)cc1. The largest absolute Gasteiger partial charge is 0.493 e. The summed E-state index contributed by atoms with van der Waals surface area (Å²) in [7, 11) is 1.60. The van der Waals surface area contributed by atoms with Crippen molar-refractivity contribution in [2.45, 2.75) is 13.8 Å². The summed E-state index contributed by atoms with van der Waals surface area (Å²) >= 11 is 0. The molecular formula is C19H23NO4. The summed E-state index contributed by atoms with van der Waals surface area (Å²) in [4.78, 5) is 11.7. The third-order valence-electron chi connectivity index (χ3n) is 3.39. The summed E-state index contributed by atoms with van der Waals surface area (Å²) in [5.74, 6) is 1.84. The molecule has 0 bridgehead atoms. The van der Waals surface area contributed by atoms with Crippen LogP contribution in [-0.4, -0.2) is 32.8 Å². The topological polar surface area (TPSA) is 56.8 Å². The molecule has 0 saturated heterocycles. The third kappa shape index (κ3) is 5.50. The number of carbonyl (C=O) groups excluding carboxylic acids is 1. The van der Waals surface area contributed by atoms with Gasteiger partial charge in [0.15, 0.2) is 18.1 Å². The number of benzene rings is 2. The van der Waals surface area contributed by atoms with Crippen LogP contribution in [0.4, 0.5) is 0 Å². The summed E-state index contributed by atoms with van der Waals surface area (Å²) in [6.07, 6.45) is 0. The minimum absolute atomic E-state index is 0.0170. The summed E-state index contributed by atoms with van der Waals surface area (Å²) in [6.45, 7) is 4.72. The standard InChI is InChI=1S/C19H23NO4/c1-14-4-7-16(8-5-14)24-13-19(21)20-10-11-23-17-9-6-15(2)12-18(17)22-3/h4-9,12H,10-11,13H2,1-3H3,(H,20,21). The third-order valence-corrected chi connectivity index (χ3v) is 3.39. The molecule has 0 heterocycles. The van der Waals surface area contributed by atoms with Crippen LogP contribution in [0.5, 0.6) is 17.2 Å². The lowest BCUT2D eigenvalue weighted by Crippen LogP contribution is -2.32. The zero-order valence-electron chi connectivity index (χ0n) is 14.3. The second-order valence-electron chi connectivity index (χ2n) is 5.45. The molecule has 5 nitrogen and oxygen atoms in total. The zero-order chi connectivity index (χ0) is 17.4. The number of methoxy groups -OCH3 is 1. The maximum atomic E-state index is 11.7. The quantitative estimate of drug-likeness (QED) is 0.757. The Morgan fingerprint density at radius 1 is 0.958 bits per heavy atom. The highest BCUT2D eigenvalue weighted by atomic mass is 16.5. The molecule has 0 spiro atoms. The van der Waals surface area contributed by atoms with Crippen LogP contribution in [0, 0.1) is 13.8 Å². The average molecular weight is 329 g/mol. The van der Waals surface area contributed by atoms with Crippen LogP contribution in [-0.2, 0) is 4.79 Å². The highest BCUT2D eigenvalue weighted by Crippen LogP contribution is 2.27. The molecule has 0 unspecified atom stereocenters. The molecule has 0 saturated carbocycles.